The van der Waals surface area contributed by atoms with Gasteiger partial charge in [-0.1, -0.05) is 0 Å². The lowest BCUT2D eigenvalue weighted by Crippen LogP contribution is -2.07. The van der Waals surface area contributed by atoms with Crippen molar-refractivity contribution in [2.75, 3.05) is 6.26 Å². The summed E-state index contributed by atoms with van der Waals surface area (Å²) in [6, 6.07) is 13.3. The quantitative estimate of drug-likeness (QED) is 0.463. The molecule has 0 atom stereocenters. The number of thioether (sulfide) groups is 1. The maximum Gasteiger partial charge on any atom is 0.435 e. The van der Waals surface area contributed by atoms with Gasteiger partial charge in [-0.25, -0.2) is 9.07 Å². The largest absolute Gasteiger partial charge is 0.435 e. The van der Waals surface area contributed by atoms with Crippen LogP contribution in [0, 0.1) is 5.82 Å². The summed E-state index contributed by atoms with van der Waals surface area (Å²) >= 11 is 1.53. The maximum atomic E-state index is 13.1. The van der Waals surface area contributed by atoms with Gasteiger partial charge in [0, 0.05) is 10.5 Å². The van der Waals surface area contributed by atoms with Crippen molar-refractivity contribution in [3.63, 3.8) is 0 Å². The minimum atomic E-state index is -4.56. The van der Waals surface area contributed by atoms with E-state index in [1.54, 1.807) is 12.1 Å². The van der Waals surface area contributed by atoms with Crippen LogP contribution in [0.4, 0.5) is 17.6 Å². The Kier molecular flexibility index (Phi) is 4.36. The highest BCUT2D eigenvalue weighted by atomic mass is 32.2. The van der Waals surface area contributed by atoms with Gasteiger partial charge in [-0.15, -0.1) is 11.8 Å². The van der Waals surface area contributed by atoms with Crippen LogP contribution in [0.5, 0.6) is 0 Å². The Balaban J connectivity index is 2.15. The fourth-order valence-electron chi connectivity index (χ4n) is 2.27. The average Bonchev–Trinajstić information content (AvgIpc) is 3.01. The van der Waals surface area contributed by atoms with Crippen LogP contribution in [0.25, 0.3) is 16.9 Å². The normalized spacial score (nSPS) is 11.7. The molecule has 1 aromatic heterocycles. The summed E-state index contributed by atoms with van der Waals surface area (Å²) in [5.74, 6) is -0.454. The second-order valence-corrected chi connectivity index (χ2v) is 5.91. The third kappa shape index (κ3) is 3.31. The predicted molar refractivity (Wildman–Crippen MR) is 85.7 cm³/mol. The first kappa shape index (κ1) is 16.6. The van der Waals surface area contributed by atoms with Gasteiger partial charge in [-0.3, -0.25) is 0 Å². The number of hydrogen-bond acceptors (Lipinski definition) is 2. The molecular weight excluding hydrogens is 340 g/mol. The van der Waals surface area contributed by atoms with Gasteiger partial charge in [0.15, 0.2) is 5.69 Å². The summed E-state index contributed by atoms with van der Waals surface area (Å²) in [6.07, 6.45) is -2.64. The molecule has 0 aliphatic rings. The van der Waals surface area contributed by atoms with E-state index < -0.39 is 17.7 Å². The highest BCUT2D eigenvalue weighted by Gasteiger charge is 2.35. The molecule has 0 spiro atoms. The molecule has 7 heteroatoms. The summed E-state index contributed by atoms with van der Waals surface area (Å²) in [5.41, 5.74) is 0.214. The molecule has 0 unspecified atom stereocenters. The van der Waals surface area contributed by atoms with E-state index in [0.29, 0.717) is 11.3 Å². The number of alkyl halides is 3. The summed E-state index contributed by atoms with van der Waals surface area (Å²) in [5, 5.41) is 3.70. The average molecular weight is 352 g/mol. The van der Waals surface area contributed by atoms with Crippen LogP contribution in [0.1, 0.15) is 5.69 Å². The minimum absolute atomic E-state index is 0.249. The molecule has 0 aliphatic heterocycles. The second kappa shape index (κ2) is 6.32. The Labute approximate surface area is 140 Å². The number of rotatable bonds is 3. The van der Waals surface area contributed by atoms with Gasteiger partial charge in [-0.2, -0.15) is 18.3 Å². The van der Waals surface area contributed by atoms with E-state index in [1.165, 1.54) is 40.7 Å². The molecule has 0 radical (unpaired) electrons. The fourth-order valence-corrected chi connectivity index (χ4v) is 2.67. The lowest BCUT2D eigenvalue weighted by atomic mass is 10.1. The Bertz CT molecular complexity index is 837. The molecular formula is C17H12F4N2S. The van der Waals surface area contributed by atoms with Gasteiger partial charge in [-0.05, 0) is 60.9 Å². The van der Waals surface area contributed by atoms with E-state index in [9.17, 15) is 17.6 Å². The summed E-state index contributed by atoms with van der Waals surface area (Å²) in [6.45, 7) is 0. The first-order valence-electron chi connectivity index (χ1n) is 6.96. The molecule has 0 aliphatic carbocycles. The molecule has 3 rings (SSSR count). The summed E-state index contributed by atoms with van der Waals surface area (Å²) < 4.78 is 53.5. The van der Waals surface area contributed by atoms with Crippen LogP contribution < -0.4 is 0 Å². The Morgan fingerprint density at radius 3 is 2.12 bits per heavy atom. The van der Waals surface area contributed by atoms with Crippen molar-refractivity contribution in [1.29, 1.82) is 0 Å². The number of nitrogens with zero attached hydrogens (tertiary/aromatic N) is 2. The van der Waals surface area contributed by atoms with Crippen molar-refractivity contribution in [3.05, 3.63) is 66.1 Å². The van der Waals surface area contributed by atoms with Crippen molar-refractivity contribution in [1.82, 2.24) is 9.78 Å². The third-order valence-corrected chi connectivity index (χ3v) is 4.20. The Morgan fingerprint density at radius 2 is 1.58 bits per heavy atom. The Morgan fingerprint density at radius 1 is 0.958 bits per heavy atom. The number of halogens is 4. The zero-order valence-corrected chi connectivity index (χ0v) is 13.3. The first-order valence-corrected chi connectivity index (χ1v) is 8.18. The number of hydrogen-bond donors (Lipinski definition) is 0. The zero-order valence-electron chi connectivity index (χ0n) is 12.5. The third-order valence-electron chi connectivity index (χ3n) is 3.46. The van der Waals surface area contributed by atoms with Gasteiger partial charge in [0.2, 0.25) is 0 Å². The highest BCUT2D eigenvalue weighted by molar-refractivity contribution is 7.98. The first-order chi connectivity index (χ1) is 11.4. The molecule has 0 saturated carbocycles. The van der Waals surface area contributed by atoms with E-state index in [1.807, 2.05) is 18.4 Å². The maximum absolute atomic E-state index is 13.1. The SMILES string of the molecule is CSc1ccc(-n2nc(C(F)(F)F)cc2-c2ccc(F)cc2)cc1. The summed E-state index contributed by atoms with van der Waals surface area (Å²) in [4.78, 5) is 0.991. The van der Waals surface area contributed by atoms with Crippen LogP contribution in [-0.2, 0) is 6.18 Å². The molecule has 124 valence electrons. The molecule has 2 nitrogen and oxygen atoms in total. The molecule has 1 heterocycles. The molecule has 24 heavy (non-hydrogen) atoms. The monoisotopic (exact) mass is 352 g/mol. The van der Waals surface area contributed by atoms with Crippen LogP contribution in [0.2, 0.25) is 0 Å². The van der Waals surface area contributed by atoms with Crippen LogP contribution in [-0.4, -0.2) is 16.0 Å². The lowest BCUT2D eigenvalue weighted by molar-refractivity contribution is -0.141. The van der Waals surface area contributed by atoms with E-state index in [-0.39, 0.29) is 5.69 Å². The second-order valence-electron chi connectivity index (χ2n) is 5.03. The van der Waals surface area contributed by atoms with Gasteiger partial charge in [0.1, 0.15) is 5.82 Å². The minimum Gasteiger partial charge on any atom is -0.233 e. The summed E-state index contributed by atoms with van der Waals surface area (Å²) in [7, 11) is 0. The zero-order chi connectivity index (χ0) is 17.3. The van der Waals surface area contributed by atoms with Crippen molar-refractivity contribution in [3.8, 4) is 16.9 Å². The van der Waals surface area contributed by atoms with Crippen molar-refractivity contribution >= 4 is 11.8 Å². The fraction of sp³-hybridized carbons (Fsp3) is 0.118. The topological polar surface area (TPSA) is 17.8 Å². The predicted octanol–water partition coefficient (Wildman–Crippen LogP) is 5.42. The smallest absolute Gasteiger partial charge is 0.233 e. The van der Waals surface area contributed by atoms with E-state index in [4.69, 9.17) is 0 Å². The number of aromatic nitrogens is 2. The Hall–Kier alpha value is -2.28. The number of benzene rings is 2. The highest BCUT2D eigenvalue weighted by Crippen LogP contribution is 2.33. The molecule has 3 aromatic rings. The lowest BCUT2D eigenvalue weighted by Gasteiger charge is -2.08. The molecule has 0 fully saturated rings. The van der Waals surface area contributed by atoms with Crippen molar-refractivity contribution in [2.24, 2.45) is 0 Å². The van der Waals surface area contributed by atoms with Crippen molar-refractivity contribution in [2.45, 2.75) is 11.1 Å². The van der Waals surface area contributed by atoms with Crippen LogP contribution in [0.15, 0.2) is 59.5 Å². The van der Waals surface area contributed by atoms with E-state index in [0.717, 1.165) is 11.0 Å². The van der Waals surface area contributed by atoms with Gasteiger partial charge in [0.05, 0.1) is 11.4 Å². The van der Waals surface area contributed by atoms with Crippen molar-refractivity contribution < 1.29 is 17.6 Å². The van der Waals surface area contributed by atoms with E-state index >= 15 is 0 Å². The molecule has 0 saturated heterocycles. The molecule has 2 aromatic carbocycles. The van der Waals surface area contributed by atoms with Crippen LogP contribution in [0.3, 0.4) is 0 Å². The van der Waals surface area contributed by atoms with Gasteiger partial charge >= 0.3 is 6.18 Å². The van der Waals surface area contributed by atoms with E-state index in [2.05, 4.69) is 5.10 Å². The standard InChI is InChI=1S/C17H12F4N2S/c1-24-14-8-6-13(7-9-14)23-15(10-16(22-23)17(19,20)21)11-2-4-12(18)5-3-11/h2-10H,1H3. The molecule has 0 bridgehead atoms. The molecule has 0 N–H and O–H groups in total. The molecule has 0 amide bonds. The van der Waals surface area contributed by atoms with Gasteiger partial charge in [0.25, 0.3) is 0 Å². The van der Waals surface area contributed by atoms with Crippen LogP contribution >= 0.6 is 11.8 Å². The van der Waals surface area contributed by atoms with Gasteiger partial charge < -0.3 is 0 Å².